The second kappa shape index (κ2) is 9.71. The fraction of sp³-hybridized carbons (Fsp3) is 0.571. The minimum atomic E-state index is -0.168. The molecule has 3 heteroatoms. The highest BCUT2D eigenvalue weighted by Gasteiger charge is 2.04. The number of unbranched alkanes of at least 4 members (excludes halogenated alkanes) is 3. The average Bonchev–Trinajstić information content (AvgIpc) is 2.36. The molecule has 1 aromatic carbocycles. The zero-order valence-electron chi connectivity index (χ0n) is 10.9. The van der Waals surface area contributed by atoms with Gasteiger partial charge in [0.05, 0.1) is 0 Å². The first-order valence-electron chi connectivity index (χ1n) is 6.57. The zero-order chi connectivity index (χ0) is 12.5. The van der Waals surface area contributed by atoms with Crippen molar-refractivity contribution >= 4 is 46.5 Å². The van der Waals surface area contributed by atoms with Crippen LogP contribution in [0.5, 0.6) is 0 Å². The molecule has 0 unspecified atom stereocenters. The topological polar surface area (TPSA) is 0 Å². The van der Waals surface area contributed by atoms with E-state index in [-0.39, 0.29) is 18.2 Å². The Hall–Kier alpha value is 0.816. The summed E-state index contributed by atoms with van der Waals surface area (Å²) >= 11 is 5.47. The molecule has 0 N–H and O–H groups in total. The molecular weight excluding hydrogens is 304 g/mol. The van der Waals surface area contributed by atoms with E-state index in [1.807, 2.05) is 11.8 Å². The van der Waals surface area contributed by atoms with Crippen LogP contribution in [0.15, 0.2) is 29.2 Å². The minimum absolute atomic E-state index is 0.168. The molecule has 0 nitrogen and oxygen atoms in total. The summed E-state index contributed by atoms with van der Waals surface area (Å²) in [6.07, 6.45) is 6.85. The summed E-state index contributed by atoms with van der Waals surface area (Å²) in [7, 11) is 0. The fourth-order valence-electron chi connectivity index (χ4n) is 1.81. The fourth-order valence-corrected chi connectivity index (χ4v) is 4.38. The summed E-state index contributed by atoms with van der Waals surface area (Å²) in [6, 6.07) is 9.09. The SMILES string of the molecule is CCCCCC[C@H](C)Sc1cc[c]([Mg][Br])cc1. The van der Waals surface area contributed by atoms with Gasteiger partial charge in [-0.1, -0.05) is 63.8 Å². The van der Waals surface area contributed by atoms with Crippen LogP contribution in [0.2, 0.25) is 0 Å². The molecular formula is C14H21BrMgS. The van der Waals surface area contributed by atoms with Gasteiger partial charge in [-0.15, -0.1) is 11.8 Å². The van der Waals surface area contributed by atoms with Gasteiger partial charge in [-0.3, -0.25) is 12.9 Å². The van der Waals surface area contributed by atoms with Crippen LogP contribution in [0.1, 0.15) is 46.0 Å². The first-order chi connectivity index (χ1) is 8.26. The van der Waals surface area contributed by atoms with Gasteiger partial charge in [0.1, 0.15) is 0 Å². The lowest BCUT2D eigenvalue weighted by molar-refractivity contribution is 0.630. The maximum Gasteiger partial charge on any atom is 0.506 e. The van der Waals surface area contributed by atoms with Crippen molar-refractivity contribution in [3.63, 3.8) is 0 Å². The van der Waals surface area contributed by atoms with E-state index in [1.165, 1.54) is 40.7 Å². The summed E-state index contributed by atoms with van der Waals surface area (Å²) in [5, 5.41) is 0.749. The van der Waals surface area contributed by atoms with Crippen molar-refractivity contribution < 1.29 is 0 Å². The van der Waals surface area contributed by atoms with E-state index in [0.717, 1.165) is 5.25 Å². The summed E-state index contributed by atoms with van der Waals surface area (Å²) in [5.74, 6) is 0. The van der Waals surface area contributed by atoms with E-state index >= 15 is 0 Å². The van der Waals surface area contributed by atoms with Gasteiger partial charge >= 0.3 is 18.2 Å². The van der Waals surface area contributed by atoms with Gasteiger partial charge in [0, 0.05) is 10.1 Å². The van der Waals surface area contributed by atoms with Gasteiger partial charge in [-0.2, -0.15) is 3.69 Å². The summed E-state index contributed by atoms with van der Waals surface area (Å²) in [4.78, 5) is 1.42. The van der Waals surface area contributed by atoms with Crippen LogP contribution in [0.4, 0.5) is 0 Å². The number of rotatable bonds is 8. The third-order valence-corrected chi connectivity index (χ3v) is 6.78. The molecule has 92 valence electrons. The Bertz CT molecular complexity index is 300. The Morgan fingerprint density at radius 2 is 1.88 bits per heavy atom. The standard InChI is InChI=1S/C14H21S.BrH.Mg/c1-3-4-5-7-10-13(2)15-14-11-8-6-9-12-14;;/h8-9,11-13H,3-5,7,10H2,1-2H3;1H;/q;;+1/p-1/t13-;;/m0../s1. The number of benzene rings is 1. The molecule has 0 saturated carbocycles. The van der Waals surface area contributed by atoms with Gasteiger partial charge < -0.3 is 0 Å². The molecule has 0 aliphatic heterocycles. The summed E-state index contributed by atoms with van der Waals surface area (Å²) in [5.41, 5.74) is 0. The number of thioether (sulfide) groups is 1. The highest BCUT2D eigenvalue weighted by atomic mass is 79.9. The van der Waals surface area contributed by atoms with Crippen molar-refractivity contribution in [2.45, 2.75) is 56.1 Å². The molecule has 0 saturated heterocycles. The third kappa shape index (κ3) is 7.09. The molecule has 0 aliphatic carbocycles. The molecule has 0 radical (unpaired) electrons. The first kappa shape index (κ1) is 15.9. The molecule has 1 rings (SSSR count). The van der Waals surface area contributed by atoms with Gasteiger partial charge in [-0.25, -0.2) is 0 Å². The van der Waals surface area contributed by atoms with E-state index in [1.54, 1.807) is 0 Å². The molecule has 0 heterocycles. The van der Waals surface area contributed by atoms with Crippen LogP contribution < -0.4 is 3.69 Å². The predicted octanol–water partition coefficient (Wildman–Crippen LogP) is 4.78. The normalized spacial score (nSPS) is 12.2. The molecule has 1 atom stereocenters. The van der Waals surface area contributed by atoms with Crippen molar-refractivity contribution in [2.75, 3.05) is 0 Å². The Morgan fingerprint density at radius 3 is 2.47 bits per heavy atom. The lowest BCUT2D eigenvalue weighted by atomic mass is 10.1. The monoisotopic (exact) mass is 324 g/mol. The Balaban J connectivity index is 2.26. The van der Waals surface area contributed by atoms with Gasteiger partial charge in [0.25, 0.3) is 0 Å². The van der Waals surface area contributed by atoms with E-state index in [9.17, 15) is 0 Å². The van der Waals surface area contributed by atoms with Crippen LogP contribution in [0, 0.1) is 0 Å². The highest BCUT2D eigenvalue weighted by molar-refractivity contribution is 9.23. The lowest BCUT2D eigenvalue weighted by Gasteiger charge is -2.11. The number of hydrogen-bond donors (Lipinski definition) is 0. The van der Waals surface area contributed by atoms with Crippen molar-refractivity contribution in [1.29, 1.82) is 0 Å². The van der Waals surface area contributed by atoms with Gasteiger partial charge in [0.2, 0.25) is 0 Å². The molecule has 0 spiro atoms. The van der Waals surface area contributed by atoms with E-state index in [2.05, 4.69) is 51.0 Å². The maximum atomic E-state index is 3.61. The smallest absolute Gasteiger partial charge is 0.296 e. The van der Waals surface area contributed by atoms with Crippen LogP contribution in [-0.4, -0.2) is 23.4 Å². The minimum Gasteiger partial charge on any atom is -0.296 e. The second-order valence-corrected chi connectivity index (χ2v) is 8.83. The van der Waals surface area contributed by atoms with Crippen LogP contribution in [0.3, 0.4) is 0 Å². The molecule has 0 aromatic heterocycles. The van der Waals surface area contributed by atoms with E-state index in [0.29, 0.717) is 0 Å². The zero-order valence-corrected chi connectivity index (χ0v) is 14.7. The van der Waals surface area contributed by atoms with Crippen molar-refractivity contribution in [1.82, 2.24) is 0 Å². The molecule has 0 amide bonds. The Morgan fingerprint density at radius 1 is 1.18 bits per heavy atom. The van der Waals surface area contributed by atoms with Crippen LogP contribution in [-0.2, 0) is 0 Å². The first-order valence-corrected chi connectivity index (χ1v) is 12.1. The van der Waals surface area contributed by atoms with Crippen LogP contribution >= 0.6 is 24.6 Å². The van der Waals surface area contributed by atoms with E-state index < -0.39 is 0 Å². The Labute approximate surface area is 126 Å². The Kier molecular flexibility index (Phi) is 9.06. The second-order valence-electron chi connectivity index (χ2n) is 4.56. The quantitative estimate of drug-likeness (QED) is 0.377. The molecule has 0 aliphatic rings. The lowest BCUT2D eigenvalue weighted by Crippen LogP contribution is -2.06. The van der Waals surface area contributed by atoms with E-state index in [4.69, 9.17) is 0 Å². The summed E-state index contributed by atoms with van der Waals surface area (Å²) < 4.78 is 1.49. The summed E-state index contributed by atoms with van der Waals surface area (Å²) in [6.45, 7) is 4.62. The maximum absolute atomic E-state index is 3.61. The predicted molar refractivity (Wildman–Crippen MR) is 84.8 cm³/mol. The van der Waals surface area contributed by atoms with Gasteiger partial charge in [0.15, 0.2) is 0 Å². The van der Waals surface area contributed by atoms with Crippen molar-refractivity contribution in [3.05, 3.63) is 24.3 Å². The van der Waals surface area contributed by atoms with Crippen molar-refractivity contribution in [2.24, 2.45) is 0 Å². The number of halogens is 1. The average molecular weight is 326 g/mol. The molecule has 0 bridgehead atoms. The van der Waals surface area contributed by atoms with Crippen LogP contribution in [0.25, 0.3) is 0 Å². The highest BCUT2D eigenvalue weighted by Crippen LogP contribution is 2.25. The van der Waals surface area contributed by atoms with Crippen molar-refractivity contribution in [3.8, 4) is 0 Å². The molecule has 1 aromatic rings. The largest absolute Gasteiger partial charge is 0.506 e. The molecule has 17 heavy (non-hydrogen) atoms. The number of hydrogen-bond acceptors (Lipinski definition) is 1. The third-order valence-electron chi connectivity index (χ3n) is 2.88. The molecule has 0 fully saturated rings. The van der Waals surface area contributed by atoms with Gasteiger partial charge in [-0.05, 0) is 6.42 Å².